The maximum Gasteiger partial charge on any atom is 0.341 e. The second-order valence-electron chi connectivity index (χ2n) is 2.68. The lowest BCUT2D eigenvalue weighted by atomic mass is 10.2. The van der Waals surface area contributed by atoms with Crippen LogP contribution >= 0.6 is 0 Å². The van der Waals surface area contributed by atoms with Crippen LogP contribution in [-0.2, 0) is 11.2 Å². The minimum absolute atomic E-state index is 0.285. The van der Waals surface area contributed by atoms with Gasteiger partial charge in [-0.25, -0.2) is 4.79 Å². The molecule has 0 bridgehead atoms. The van der Waals surface area contributed by atoms with Gasteiger partial charge < -0.3 is 9.84 Å². The second kappa shape index (κ2) is 7.85. The number of aliphatic carboxylic acids is 1. The minimum atomic E-state index is -0.957. The Hall–Kier alpha value is -1.51. The number of carbonyl (C=O) groups is 1. The summed E-state index contributed by atoms with van der Waals surface area (Å²) in [5, 5.41) is 8.38. The zero-order valence-corrected chi connectivity index (χ0v) is 9.49. The third kappa shape index (κ3) is 5.73. The minimum Gasteiger partial charge on any atom is -0.482 e. The van der Waals surface area contributed by atoms with Crippen LogP contribution in [0.3, 0.4) is 0 Å². The summed E-state index contributed by atoms with van der Waals surface area (Å²) in [6.07, 6.45) is 0.921. The highest BCUT2D eigenvalue weighted by Crippen LogP contribution is 2.13. The highest BCUT2D eigenvalue weighted by Gasteiger charge is 1.98. The van der Waals surface area contributed by atoms with Crippen LogP contribution in [0.1, 0.15) is 26.3 Å². The fourth-order valence-electron chi connectivity index (χ4n) is 1.00. The van der Waals surface area contributed by atoms with Gasteiger partial charge in [0.25, 0.3) is 0 Å². The summed E-state index contributed by atoms with van der Waals surface area (Å²) < 4.78 is 5.01. The predicted octanol–water partition coefficient (Wildman–Crippen LogP) is 2.74. The molecule has 0 atom stereocenters. The van der Waals surface area contributed by atoms with Gasteiger partial charge in [-0.15, -0.1) is 0 Å². The Bertz CT molecular complexity index is 295. The molecule has 1 rings (SSSR count). The molecule has 0 aliphatic heterocycles. The van der Waals surface area contributed by atoms with Gasteiger partial charge in [0.15, 0.2) is 6.61 Å². The fourth-order valence-corrected chi connectivity index (χ4v) is 1.00. The van der Waals surface area contributed by atoms with Crippen molar-refractivity contribution < 1.29 is 14.6 Å². The average Bonchev–Trinajstić information content (AvgIpc) is 2.29. The smallest absolute Gasteiger partial charge is 0.341 e. The third-order valence-corrected chi connectivity index (χ3v) is 1.67. The maximum atomic E-state index is 10.2. The van der Waals surface area contributed by atoms with Crippen molar-refractivity contribution >= 4 is 5.97 Å². The van der Waals surface area contributed by atoms with E-state index in [-0.39, 0.29) is 6.61 Å². The number of aryl methyl sites for hydroxylation is 1. The Balaban J connectivity index is 0.000000921. The molecule has 0 heterocycles. The summed E-state index contributed by atoms with van der Waals surface area (Å²) in [4.78, 5) is 10.2. The van der Waals surface area contributed by atoms with E-state index in [9.17, 15) is 4.79 Å². The van der Waals surface area contributed by atoms with Gasteiger partial charge in [0.05, 0.1) is 0 Å². The Morgan fingerprint density at radius 1 is 1.40 bits per heavy atom. The summed E-state index contributed by atoms with van der Waals surface area (Å²) in [6, 6.07) is 7.44. The lowest BCUT2D eigenvalue weighted by Crippen LogP contribution is -2.09. The highest BCUT2D eigenvalue weighted by atomic mass is 16.5. The molecule has 0 fully saturated rings. The summed E-state index contributed by atoms with van der Waals surface area (Å²) in [7, 11) is 0. The van der Waals surface area contributed by atoms with Gasteiger partial charge in [0.2, 0.25) is 0 Å². The van der Waals surface area contributed by atoms with Gasteiger partial charge in [-0.05, 0) is 24.1 Å². The van der Waals surface area contributed by atoms with Crippen molar-refractivity contribution in [3.8, 4) is 5.75 Å². The van der Waals surface area contributed by atoms with Gasteiger partial charge in [-0.1, -0.05) is 32.9 Å². The Labute approximate surface area is 90.7 Å². The molecule has 1 aromatic rings. The molecule has 1 N–H and O–H groups in total. The first-order chi connectivity index (χ1) is 7.22. The van der Waals surface area contributed by atoms with E-state index >= 15 is 0 Å². The van der Waals surface area contributed by atoms with Crippen LogP contribution in [0.4, 0.5) is 0 Å². The molecule has 3 nitrogen and oxygen atoms in total. The van der Waals surface area contributed by atoms with Gasteiger partial charge in [0.1, 0.15) is 5.75 Å². The Kier molecular flexibility index (Phi) is 7.06. The summed E-state index contributed by atoms with van der Waals surface area (Å²) >= 11 is 0. The molecule has 0 aliphatic carbocycles. The molecule has 0 radical (unpaired) electrons. The molecule has 0 aromatic heterocycles. The van der Waals surface area contributed by atoms with E-state index in [1.807, 2.05) is 39.0 Å². The van der Waals surface area contributed by atoms with E-state index in [2.05, 4.69) is 0 Å². The lowest BCUT2D eigenvalue weighted by molar-refractivity contribution is -0.139. The van der Waals surface area contributed by atoms with Crippen LogP contribution in [0.5, 0.6) is 5.75 Å². The van der Waals surface area contributed by atoms with Crippen LogP contribution in [0.2, 0.25) is 0 Å². The fraction of sp³-hybridized carbons (Fsp3) is 0.417. The number of rotatable bonds is 4. The first-order valence-corrected chi connectivity index (χ1v) is 5.16. The Morgan fingerprint density at radius 2 is 2.07 bits per heavy atom. The van der Waals surface area contributed by atoms with Crippen LogP contribution in [0.15, 0.2) is 24.3 Å². The van der Waals surface area contributed by atoms with Gasteiger partial charge in [-0.2, -0.15) is 0 Å². The average molecular weight is 210 g/mol. The molecule has 1 aromatic carbocycles. The lowest BCUT2D eigenvalue weighted by Gasteiger charge is -2.03. The molecule has 0 unspecified atom stereocenters. The third-order valence-electron chi connectivity index (χ3n) is 1.67. The number of benzene rings is 1. The van der Waals surface area contributed by atoms with E-state index in [0.29, 0.717) is 5.75 Å². The second-order valence-corrected chi connectivity index (χ2v) is 2.68. The molecule has 3 heteroatoms. The number of carboxylic acids is 1. The van der Waals surface area contributed by atoms with E-state index < -0.39 is 5.97 Å². The number of hydrogen-bond acceptors (Lipinski definition) is 2. The molecule has 0 saturated heterocycles. The first-order valence-electron chi connectivity index (χ1n) is 5.16. The summed E-state index contributed by atoms with van der Waals surface area (Å²) in [6.45, 7) is 5.75. The van der Waals surface area contributed by atoms with Crippen molar-refractivity contribution in [2.75, 3.05) is 6.61 Å². The van der Waals surface area contributed by atoms with Gasteiger partial charge in [0, 0.05) is 0 Å². The van der Waals surface area contributed by atoms with E-state index in [0.717, 1.165) is 12.0 Å². The van der Waals surface area contributed by atoms with Crippen LogP contribution in [0.25, 0.3) is 0 Å². The van der Waals surface area contributed by atoms with Crippen LogP contribution < -0.4 is 4.74 Å². The van der Waals surface area contributed by atoms with E-state index in [1.54, 1.807) is 6.07 Å². The maximum absolute atomic E-state index is 10.2. The molecule has 0 saturated carbocycles. The molecule has 0 spiro atoms. The van der Waals surface area contributed by atoms with Gasteiger partial charge in [-0.3, -0.25) is 0 Å². The van der Waals surface area contributed by atoms with Crippen molar-refractivity contribution in [1.82, 2.24) is 0 Å². The number of ether oxygens (including phenoxy) is 1. The first kappa shape index (κ1) is 13.5. The van der Waals surface area contributed by atoms with Crippen molar-refractivity contribution in [2.45, 2.75) is 27.2 Å². The summed E-state index contributed by atoms with van der Waals surface area (Å²) in [5.41, 5.74) is 1.14. The van der Waals surface area contributed by atoms with E-state index in [1.165, 1.54) is 0 Å². The molecular formula is C12H18O3. The predicted molar refractivity (Wildman–Crippen MR) is 60.3 cm³/mol. The SMILES string of the molecule is CC.CCc1cccc(OCC(=O)O)c1. The van der Waals surface area contributed by atoms with Crippen molar-refractivity contribution in [3.63, 3.8) is 0 Å². The summed E-state index contributed by atoms with van der Waals surface area (Å²) in [5.74, 6) is -0.344. The highest BCUT2D eigenvalue weighted by molar-refractivity contribution is 5.68. The standard InChI is InChI=1S/C10H12O3.C2H6/c1-2-8-4-3-5-9(6-8)13-7-10(11)12;1-2/h3-6H,2,7H2,1H3,(H,11,12);1-2H3. The zero-order chi connectivity index (χ0) is 11.7. The van der Waals surface area contributed by atoms with Gasteiger partial charge >= 0.3 is 5.97 Å². The topological polar surface area (TPSA) is 46.5 Å². The van der Waals surface area contributed by atoms with Crippen molar-refractivity contribution in [3.05, 3.63) is 29.8 Å². The molecule has 0 amide bonds. The molecule has 84 valence electrons. The quantitative estimate of drug-likeness (QED) is 0.831. The number of hydrogen-bond donors (Lipinski definition) is 1. The molecule has 15 heavy (non-hydrogen) atoms. The van der Waals surface area contributed by atoms with Crippen LogP contribution in [0, 0.1) is 0 Å². The largest absolute Gasteiger partial charge is 0.482 e. The zero-order valence-electron chi connectivity index (χ0n) is 9.49. The van der Waals surface area contributed by atoms with Crippen LogP contribution in [-0.4, -0.2) is 17.7 Å². The van der Waals surface area contributed by atoms with Crippen molar-refractivity contribution in [2.24, 2.45) is 0 Å². The number of carboxylic acid groups (broad SMARTS) is 1. The van der Waals surface area contributed by atoms with Crippen molar-refractivity contribution in [1.29, 1.82) is 0 Å². The monoisotopic (exact) mass is 210 g/mol. The van der Waals surface area contributed by atoms with E-state index in [4.69, 9.17) is 9.84 Å². The Morgan fingerprint density at radius 3 is 2.60 bits per heavy atom. The molecular weight excluding hydrogens is 192 g/mol. The molecule has 0 aliphatic rings. The normalized spacial score (nSPS) is 8.73.